The van der Waals surface area contributed by atoms with E-state index in [-0.39, 0.29) is 0 Å². The molecule has 0 saturated heterocycles. The molecule has 7 aromatic carbocycles. The molecule has 0 unspecified atom stereocenters. The third-order valence-electron chi connectivity index (χ3n) is 7.42. The molecular formula is C33H20. The predicted molar refractivity (Wildman–Crippen MR) is 144 cm³/mol. The minimum absolute atomic E-state index is 1.05. The van der Waals surface area contributed by atoms with E-state index in [1.807, 2.05) is 0 Å². The van der Waals surface area contributed by atoms with E-state index >= 15 is 0 Å². The van der Waals surface area contributed by atoms with Gasteiger partial charge in [-0.25, -0.2) is 0 Å². The van der Waals surface area contributed by atoms with Crippen LogP contribution in [-0.4, -0.2) is 0 Å². The van der Waals surface area contributed by atoms with Gasteiger partial charge in [0.2, 0.25) is 0 Å². The van der Waals surface area contributed by atoms with Gasteiger partial charge in [-0.3, -0.25) is 0 Å². The Labute approximate surface area is 191 Å². The van der Waals surface area contributed by atoms with Crippen molar-refractivity contribution >= 4 is 70.7 Å². The first-order valence-electron chi connectivity index (χ1n) is 11.6. The zero-order valence-corrected chi connectivity index (χ0v) is 18.1. The van der Waals surface area contributed by atoms with E-state index in [4.69, 9.17) is 0 Å². The summed E-state index contributed by atoms with van der Waals surface area (Å²) >= 11 is 0. The van der Waals surface area contributed by atoms with Crippen LogP contribution in [0.5, 0.6) is 0 Å². The highest BCUT2D eigenvalue weighted by molar-refractivity contribution is 6.11. The number of allylic oxidation sites excluding steroid dienone is 1. The molecule has 0 aliphatic heterocycles. The highest BCUT2D eigenvalue weighted by Crippen LogP contribution is 2.34. The van der Waals surface area contributed by atoms with Crippen LogP contribution < -0.4 is 0 Å². The van der Waals surface area contributed by atoms with Crippen LogP contribution in [0.1, 0.15) is 11.1 Å². The van der Waals surface area contributed by atoms with Gasteiger partial charge >= 0.3 is 0 Å². The van der Waals surface area contributed by atoms with Crippen LogP contribution >= 0.6 is 0 Å². The van der Waals surface area contributed by atoms with E-state index in [1.165, 1.54) is 75.8 Å². The fraction of sp³-hybridized carbons (Fsp3) is 0.0303. The second-order valence-corrected chi connectivity index (χ2v) is 9.50. The van der Waals surface area contributed by atoms with Crippen molar-refractivity contribution in [3.63, 3.8) is 0 Å². The highest BCUT2D eigenvalue weighted by atomic mass is 14.1. The molecule has 0 fully saturated rings. The summed E-state index contributed by atoms with van der Waals surface area (Å²) < 4.78 is 0. The van der Waals surface area contributed by atoms with E-state index in [0.717, 1.165) is 6.42 Å². The van der Waals surface area contributed by atoms with Gasteiger partial charge < -0.3 is 0 Å². The van der Waals surface area contributed by atoms with Crippen molar-refractivity contribution in [2.24, 2.45) is 0 Å². The summed E-state index contributed by atoms with van der Waals surface area (Å²) in [5, 5.41) is 15.7. The Balaban J connectivity index is 1.40. The van der Waals surface area contributed by atoms with Gasteiger partial charge in [-0.15, -0.1) is 0 Å². The Morgan fingerprint density at radius 2 is 0.727 bits per heavy atom. The van der Waals surface area contributed by atoms with Crippen molar-refractivity contribution < 1.29 is 0 Å². The molecule has 0 atom stereocenters. The van der Waals surface area contributed by atoms with Gasteiger partial charge in [-0.2, -0.15) is 0 Å². The standard InChI is InChI=1S/C33H20/c1-2-5-21-9-25-13-29-17-33-19-31-15-27-11-23-7-3-6-22(23)10-26(27)14-30(31)18-32(33)16-28(29)12-24(25)8-20(21)4-1/h1-6,8-19H,7H2. The molecule has 8 rings (SSSR count). The van der Waals surface area contributed by atoms with Gasteiger partial charge in [0.05, 0.1) is 0 Å². The lowest BCUT2D eigenvalue weighted by molar-refractivity contribution is 1.32. The maximum Gasteiger partial charge on any atom is -0.00880 e. The van der Waals surface area contributed by atoms with E-state index in [2.05, 4.69) is 109 Å². The van der Waals surface area contributed by atoms with Crippen molar-refractivity contribution in [2.45, 2.75) is 6.42 Å². The van der Waals surface area contributed by atoms with Crippen LogP contribution in [0.4, 0.5) is 0 Å². The average molecular weight is 417 g/mol. The lowest BCUT2D eigenvalue weighted by Gasteiger charge is -2.10. The molecule has 1 aliphatic carbocycles. The molecule has 0 spiro atoms. The minimum Gasteiger partial charge on any atom is -0.0795 e. The summed E-state index contributed by atoms with van der Waals surface area (Å²) in [6.07, 6.45) is 5.56. The number of fused-ring (bicyclic) bond motifs is 7. The molecule has 152 valence electrons. The second-order valence-electron chi connectivity index (χ2n) is 9.50. The maximum absolute atomic E-state index is 2.37. The second kappa shape index (κ2) is 6.21. The van der Waals surface area contributed by atoms with Crippen LogP contribution in [-0.2, 0) is 6.42 Å². The largest absolute Gasteiger partial charge is 0.0795 e. The lowest BCUT2D eigenvalue weighted by atomic mass is 9.94. The molecule has 0 nitrogen and oxygen atoms in total. The van der Waals surface area contributed by atoms with Crippen LogP contribution in [0.25, 0.3) is 70.7 Å². The van der Waals surface area contributed by atoms with E-state index in [9.17, 15) is 0 Å². The molecule has 0 heterocycles. The van der Waals surface area contributed by atoms with Gasteiger partial charge in [-0.1, -0.05) is 42.5 Å². The number of hydrogen-bond donors (Lipinski definition) is 0. The zero-order chi connectivity index (χ0) is 21.5. The number of rotatable bonds is 0. The molecule has 1 aliphatic rings. The third kappa shape index (κ3) is 2.58. The third-order valence-corrected chi connectivity index (χ3v) is 7.42. The fourth-order valence-electron chi connectivity index (χ4n) is 5.71. The van der Waals surface area contributed by atoms with Crippen molar-refractivity contribution in [3.8, 4) is 0 Å². The molecule has 0 N–H and O–H groups in total. The Morgan fingerprint density at radius 1 is 0.364 bits per heavy atom. The van der Waals surface area contributed by atoms with E-state index < -0.39 is 0 Å². The first-order valence-corrected chi connectivity index (χ1v) is 11.6. The quantitative estimate of drug-likeness (QED) is 0.216. The Bertz CT molecular complexity index is 1990. The summed E-state index contributed by atoms with van der Waals surface area (Å²) in [7, 11) is 0. The van der Waals surface area contributed by atoms with Crippen molar-refractivity contribution in [2.75, 3.05) is 0 Å². The summed E-state index contributed by atoms with van der Waals surface area (Å²) in [5.74, 6) is 0. The summed E-state index contributed by atoms with van der Waals surface area (Å²) in [5.41, 5.74) is 2.81. The summed E-state index contributed by atoms with van der Waals surface area (Å²) in [6.45, 7) is 0. The molecule has 0 saturated carbocycles. The first-order chi connectivity index (χ1) is 16.3. The normalized spacial score (nSPS) is 13.2. The maximum atomic E-state index is 2.37. The monoisotopic (exact) mass is 416 g/mol. The fourth-order valence-corrected chi connectivity index (χ4v) is 5.71. The van der Waals surface area contributed by atoms with Crippen molar-refractivity contribution in [3.05, 3.63) is 114 Å². The molecule has 0 aromatic heterocycles. The van der Waals surface area contributed by atoms with Crippen LogP contribution in [0.2, 0.25) is 0 Å². The Kier molecular flexibility index (Phi) is 3.27. The highest BCUT2D eigenvalue weighted by Gasteiger charge is 2.09. The van der Waals surface area contributed by atoms with Crippen LogP contribution in [0.15, 0.2) is 103 Å². The van der Waals surface area contributed by atoms with Gasteiger partial charge in [0, 0.05) is 0 Å². The van der Waals surface area contributed by atoms with Crippen molar-refractivity contribution in [1.29, 1.82) is 0 Å². The van der Waals surface area contributed by atoms with E-state index in [0.29, 0.717) is 0 Å². The summed E-state index contributed by atoms with van der Waals surface area (Å²) in [6, 6.07) is 36.8. The lowest BCUT2D eigenvalue weighted by Crippen LogP contribution is -1.85. The summed E-state index contributed by atoms with van der Waals surface area (Å²) in [4.78, 5) is 0. The van der Waals surface area contributed by atoms with Gasteiger partial charge in [0.25, 0.3) is 0 Å². The van der Waals surface area contributed by atoms with Crippen molar-refractivity contribution in [1.82, 2.24) is 0 Å². The van der Waals surface area contributed by atoms with Gasteiger partial charge in [-0.05, 0) is 149 Å². The molecular weight excluding hydrogens is 396 g/mol. The molecule has 0 amide bonds. The minimum atomic E-state index is 1.05. The van der Waals surface area contributed by atoms with E-state index in [1.54, 1.807) is 0 Å². The SMILES string of the molecule is C1=Cc2cc3cc4cc5cc6cc7cc8ccccc8cc7cc6cc5cc4cc3cc2C1. The topological polar surface area (TPSA) is 0 Å². The Morgan fingerprint density at radius 3 is 1.18 bits per heavy atom. The molecule has 33 heavy (non-hydrogen) atoms. The number of benzene rings is 7. The van der Waals surface area contributed by atoms with Gasteiger partial charge in [0.15, 0.2) is 0 Å². The van der Waals surface area contributed by atoms with Crippen LogP contribution in [0, 0.1) is 0 Å². The van der Waals surface area contributed by atoms with Gasteiger partial charge in [0.1, 0.15) is 0 Å². The molecule has 0 heteroatoms. The zero-order valence-electron chi connectivity index (χ0n) is 18.1. The molecule has 0 bridgehead atoms. The van der Waals surface area contributed by atoms with Crippen LogP contribution in [0.3, 0.4) is 0 Å². The molecule has 0 radical (unpaired) electrons. The smallest absolute Gasteiger partial charge is 0.00880 e. The average Bonchev–Trinajstić information content (AvgIpc) is 3.28. The molecule has 7 aromatic rings. The predicted octanol–water partition coefficient (Wildman–Crippen LogP) is 9.18. The number of hydrogen-bond acceptors (Lipinski definition) is 0. The Hall–Kier alpha value is -4.16. The first kappa shape index (κ1) is 17.4.